The van der Waals surface area contributed by atoms with Gasteiger partial charge in [0.2, 0.25) is 0 Å². The van der Waals surface area contributed by atoms with Gasteiger partial charge in [0, 0.05) is 5.92 Å². The van der Waals surface area contributed by atoms with E-state index in [0.29, 0.717) is 6.61 Å². The van der Waals surface area contributed by atoms with Crippen molar-refractivity contribution in [3.05, 3.63) is 54.6 Å². The first-order valence-corrected chi connectivity index (χ1v) is 6.29. The van der Waals surface area contributed by atoms with Crippen molar-refractivity contribution in [2.75, 3.05) is 6.61 Å². The predicted molar refractivity (Wildman–Crippen MR) is 78.5 cm³/mol. The molecule has 0 aliphatic rings. The molecule has 98 valence electrons. The van der Waals surface area contributed by atoms with E-state index < -0.39 is 0 Å². The zero-order valence-corrected chi connectivity index (χ0v) is 11.0. The molecule has 2 aromatic carbocycles. The molecule has 3 N–H and O–H groups in total. The minimum atomic E-state index is -0.0613. The lowest BCUT2D eigenvalue weighted by atomic mass is 10.1. The normalized spacial score (nSPS) is 11.8. The molecule has 3 nitrogen and oxygen atoms in total. The fourth-order valence-electron chi connectivity index (χ4n) is 1.69. The minimum absolute atomic E-state index is 0.0613. The summed E-state index contributed by atoms with van der Waals surface area (Å²) in [5.74, 6) is 0.891. The Labute approximate surface area is 113 Å². The fraction of sp³-hybridized carbons (Fsp3) is 0.188. The second-order valence-electron chi connectivity index (χ2n) is 4.56. The van der Waals surface area contributed by atoms with Crippen LogP contribution in [0.15, 0.2) is 54.6 Å². The molecule has 0 saturated carbocycles. The number of nitrogens with two attached hydrogens (primary N) is 1. The molecule has 0 amide bonds. The van der Waals surface area contributed by atoms with Crippen LogP contribution in [0.25, 0.3) is 11.1 Å². The molecular weight excluding hydrogens is 236 g/mol. The third-order valence-corrected chi connectivity index (χ3v) is 2.99. The zero-order chi connectivity index (χ0) is 13.7. The molecule has 0 bridgehead atoms. The first kappa shape index (κ1) is 13.1. The molecule has 0 radical (unpaired) electrons. The molecule has 0 aromatic heterocycles. The minimum Gasteiger partial charge on any atom is -0.493 e. The van der Waals surface area contributed by atoms with Gasteiger partial charge in [-0.2, -0.15) is 0 Å². The molecule has 3 heteroatoms. The summed E-state index contributed by atoms with van der Waals surface area (Å²) in [6.07, 6.45) is 0. The Hall–Kier alpha value is -2.29. The molecule has 0 aliphatic carbocycles. The summed E-state index contributed by atoms with van der Waals surface area (Å²) in [6.45, 7) is 2.31. The lowest BCUT2D eigenvalue weighted by Crippen LogP contribution is -2.25. The molecule has 0 saturated heterocycles. The van der Waals surface area contributed by atoms with E-state index in [2.05, 4.69) is 12.1 Å². The Kier molecular flexibility index (Phi) is 4.18. The van der Waals surface area contributed by atoms with E-state index in [1.54, 1.807) is 0 Å². The number of nitrogens with one attached hydrogen (secondary N) is 1. The highest BCUT2D eigenvalue weighted by Crippen LogP contribution is 2.22. The number of ether oxygens (including phenoxy) is 1. The van der Waals surface area contributed by atoms with Crippen LogP contribution < -0.4 is 10.5 Å². The highest BCUT2D eigenvalue weighted by atomic mass is 16.5. The molecule has 2 aromatic rings. The van der Waals surface area contributed by atoms with Crippen LogP contribution >= 0.6 is 0 Å². The van der Waals surface area contributed by atoms with Gasteiger partial charge in [0.05, 0.1) is 12.4 Å². The first-order valence-electron chi connectivity index (χ1n) is 6.29. The number of rotatable bonds is 5. The monoisotopic (exact) mass is 254 g/mol. The van der Waals surface area contributed by atoms with Gasteiger partial charge in [0.1, 0.15) is 5.75 Å². The quantitative estimate of drug-likeness (QED) is 0.635. The van der Waals surface area contributed by atoms with Crippen molar-refractivity contribution < 1.29 is 4.74 Å². The molecule has 1 unspecified atom stereocenters. The van der Waals surface area contributed by atoms with E-state index in [1.807, 2.05) is 49.4 Å². The topological polar surface area (TPSA) is 59.1 Å². The van der Waals surface area contributed by atoms with Crippen LogP contribution in [0, 0.1) is 11.3 Å². The number of hydrogen-bond acceptors (Lipinski definition) is 2. The van der Waals surface area contributed by atoms with Crippen LogP contribution in [0.3, 0.4) is 0 Å². The number of amidine groups is 1. The number of benzene rings is 2. The third-order valence-electron chi connectivity index (χ3n) is 2.99. The summed E-state index contributed by atoms with van der Waals surface area (Å²) in [5, 5.41) is 7.31. The van der Waals surface area contributed by atoms with Crippen molar-refractivity contribution >= 4 is 5.84 Å². The smallest absolute Gasteiger partial charge is 0.119 e. The average Bonchev–Trinajstić information content (AvgIpc) is 2.46. The molecule has 0 aliphatic heterocycles. The van der Waals surface area contributed by atoms with Gasteiger partial charge in [-0.05, 0) is 23.3 Å². The van der Waals surface area contributed by atoms with Crippen molar-refractivity contribution in [1.29, 1.82) is 5.41 Å². The van der Waals surface area contributed by atoms with E-state index in [1.165, 1.54) is 5.56 Å². The Bertz CT molecular complexity index is 534. The summed E-state index contributed by atoms with van der Waals surface area (Å²) in [4.78, 5) is 0. The zero-order valence-electron chi connectivity index (χ0n) is 11.0. The third kappa shape index (κ3) is 3.58. The van der Waals surface area contributed by atoms with E-state index in [9.17, 15) is 0 Å². The Balaban J connectivity index is 2.01. The Morgan fingerprint density at radius 2 is 1.63 bits per heavy atom. The van der Waals surface area contributed by atoms with Gasteiger partial charge in [0.15, 0.2) is 0 Å². The lowest BCUT2D eigenvalue weighted by molar-refractivity contribution is 0.292. The standard InChI is InChI=1S/C16H18N2O/c1-12(16(17)18)11-19-15-9-7-14(8-10-15)13-5-3-2-4-6-13/h2-10,12H,11H2,1H3,(H3,17,18). The van der Waals surface area contributed by atoms with E-state index in [0.717, 1.165) is 11.3 Å². The van der Waals surface area contributed by atoms with Gasteiger partial charge in [-0.25, -0.2) is 0 Å². The summed E-state index contributed by atoms with van der Waals surface area (Å²) in [7, 11) is 0. The first-order chi connectivity index (χ1) is 9.16. The number of hydrogen-bond donors (Lipinski definition) is 2. The van der Waals surface area contributed by atoms with Gasteiger partial charge in [0.25, 0.3) is 0 Å². The van der Waals surface area contributed by atoms with Gasteiger partial charge in [-0.15, -0.1) is 0 Å². The van der Waals surface area contributed by atoms with Crippen LogP contribution in [-0.4, -0.2) is 12.4 Å². The maximum absolute atomic E-state index is 7.31. The van der Waals surface area contributed by atoms with Crippen LogP contribution in [-0.2, 0) is 0 Å². The predicted octanol–water partition coefficient (Wildman–Crippen LogP) is 3.30. The van der Waals surface area contributed by atoms with Gasteiger partial charge in [-0.3, -0.25) is 5.41 Å². The maximum Gasteiger partial charge on any atom is 0.119 e. The molecular formula is C16H18N2O. The average molecular weight is 254 g/mol. The Morgan fingerprint density at radius 1 is 1.05 bits per heavy atom. The van der Waals surface area contributed by atoms with E-state index >= 15 is 0 Å². The summed E-state index contributed by atoms with van der Waals surface area (Å²) in [6, 6.07) is 18.1. The highest BCUT2D eigenvalue weighted by Gasteiger charge is 2.06. The fourth-order valence-corrected chi connectivity index (χ4v) is 1.69. The second kappa shape index (κ2) is 6.05. The van der Waals surface area contributed by atoms with Crippen molar-refractivity contribution in [3.63, 3.8) is 0 Å². The lowest BCUT2D eigenvalue weighted by Gasteiger charge is -2.12. The molecule has 2 rings (SSSR count). The van der Waals surface area contributed by atoms with E-state index in [-0.39, 0.29) is 11.8 Å². The van der Waals surface area contributed by atoms with Crippen LogP contribution in [0.2, 0.25) is 0 Å². The molecule has 1 atom stereocenters. The van der Waals surface area contributed by atoms with Gasteiger partial charge < -0.3 is 10.5 Å². The van der Waals surface area contributed by atoms with Crippen molar-refractivity contribution in [1.82, 2.24) is 0 Å². The molecule has 0 spiro atoms. The van der Waals surface area contributed by atoms with Crippen molar-refractivity contribution in [2.45, 2.75) is 6.92 Å². The second-order valence-corrected chi connectivity index (χ2v) is 4.56. The largest absolute Gasteiger partial charge is 0.493 e. The molecule has 0 heterocycles. The maximum atomic E-state index is 7.31. The van der Waals surface area contributed by atoms with Crippen LogP contribution in [0.5, 0.6) is 5.75 Å². The SMILES string of the molecule is CC(COc1ccc(-c2ccccc2)cc1)C(=N)N. The summed E-state index contributed by atoms with van der Waals surface area (Å²) < 4.78 is 5.60. The van der Waals surface area contributed by atoms with E-state index in [4.69, 9.17) is 15.9 Å². The Morgan fingerprint density at radius 3 is 2.21 bits per heavy atom. The van der Waals surface area contributed by atoms with Crippen LogP contribution in [0.4, 0.5) is 0 Å². The van der Waals surface area contributed by atoms with Crippen molar-refractivity contribution in [3.8, 4) is 16.9 Å². The van der Waals surface area contributed by atoms with Gasteiger partial charge in [-0.1, -0.05) is 49.4 Å². The molecule has 0 fully saturated rings. The van der Waals surface area contributed by atoms with Gasteiger partial charge >= 0.3 is 0 Å². The highest BCUT2D eigenvalue weighted by molar-refractivity contribution is 5.79. The summed E-state index contributed by atoms with van der Waals surface area (Å²) in [5.41, 5.74) is 7.75. The van der Waals surface area contributed by atoms with Crippen LogP contribution in [0.1, 0.15) is 6.92 Å². The van der Waals surface area contributed by atoms with Crippen molar-refractivity contribution in [2.24, 2.45) is 11.7 Å². The molecule has 19 heavy (non-hydrogen) atoms. The summed E-state index contributed by atoms with van der Waals surface area (Å²) >= 11 is 0.